The number of nitrogens with zero attached hydrogens (tertiary/aromatic N) is 1. The fraction of sp³-hybridized carbons (Fsp3) is 0.263. The molecule has 0 saturated heterocycles. The van der Waals surface area contributed by atoms with E-state index >= 15 is 0 Å². The highest BCUT2D eigenvalue weighted by molar-refractivity contribution is 5.92. The van der Waals surface area contributed by atoms with Gasteiger partial charge in [-0.15, -0.1) is 0 Å². The molecule has 0 aliphatic heterocycles. The molecule has 0 saturated carbocycles. The summed E-state index contributed by atoms with van der Waals surface area (Å²) in [6, 6.07) is 17.3. The molecule has 23 heavy (non-hydrogen) atoms. The molecule has 2 aromatic carbocycles. The van der Waals surface area contributed by atoms with Gasteiger partial charge in [-0.2, -0.15) is 5.26 Å². The summed E-state index contributed by atoms with van der Waals surface area (Å²) < 4.78 is 0. The highest BCUT2D eigenvalue weighted by atomic mass is 16.1. The fourth-order valence-corrected chi connectivity index (χ4v) is 2.21. The third-order valence-corrected chi connectivity index (χ3v) is 3.58. The third-order valence-electron chi connectivity index (χ3n) is 3.58. The Labute approximate surface area is 137 Å². The largest absolute Gasteiger partial charge is 0.385 e. The number of carbonyl (C=O) groups excluding carboxylic acids is 1. The number of para-hydroxylation sites is 1. The zero-order valence-electron chi connectivity index (χ0n) is 13.5. The number of hydrogen-bond donors (Lipinski definition) is 2. The number of nitrogens with one attached hydrogen (secondary N) is 2. The summed E-state index contributed by atoms with van der Waals surface area (Å²) in [6.07, 6.45) is 0.339. The Kier molecular flexibility index (Phi) is 5.76. The number of hydrogen-bond acceptors (Lipinski definition) is 3. The van der Waals surface area contributed by atoms with Crippen molar-refractivity contribution in [2.24, 2.45) is 0 Å². The molecule has 0 spiro atoms. The van der Waals surface area contributed by atoms with Crippen LogP contribution < -0.4 is 10.6 Å². The van der Waals surface area contributed by atoms with Crippen molar-refractivity contribution < 1.29 is 4.79 Å². The number of nitriles is 1. The van der Waals surface area contributed by atoms with Gasteiger partial charge in [-0.05, 0) is 35.7 Å². The van der Waals surface area contributed by atoms with Crippen molar-refractivity contribution in [3.8, 4) is 6.07 Å². The molecular weight excluding hydrogens is 286 g/mol. The lowest BCUT2D eigenvalue weighted by Gasteiger charge is -2.10. The monoisotopic (exact) mass is 307 g/mol. The average molecular weight is 307 g/mol. The number of carbonyl (C=O) groups is 1. The molecule has 0 fully saturated rings. The Morgan fingerprint density at radius 2 is 1.83 bits per heavy atom. The molecule has 4 nitrogen and oxygen atoms in total. The van der Waals surface area contributed by atoms with Crippen LogP contribution in [0.25, 0.3) is 0 Å². The van der Waals surface area contributed by atoms with Crippen molar-refractivity contribution >= 4 is 17.3 Å². The Morgan fingerprint density at radius 3 is 2.48 bits per heavy atom. The predicted molar refractivity (Wildman–Crippen MR) is 93.4 cm³/mol. The summed E-state index contributed by atoms with van der Waals surface area (Å²) in [7, 11) is 0. The third kappa shape index (κ3) is 4.86. The number of benzene rings is 2. The molecule has 0 atom stereocenters. The summed E-state index contributed by atoms with van der Waals surface area (Å²) in [5.74, 6) is 0.397. The van der Waals surface area contributed by atoms with Gasteiger partial charge in [0.2, 0.25) is 5.91 Å². The quantitative estimate of drug-likeness (QED) is 0.843. The normalized spacial score (nSPS) is 10.2. The second kappa shape index (κ2) is 8.00. The van der Waals surface area contributed by atoms with Gasteiger partial charge in [0.05, 0.1) is 11.3 Å². The van der Waals surface area contributed by atoms with E-state index in [9.17, 15) is 4.79 Å². The second-order valence-electron chi connectivity index (χ2n) is 5.66. The molecule has 1 amide bonds. The van der Waals surface area contributed by atoms with Crippen molar-refractivity contribution in [1.29, 1.82) is 5.26 Å². The molecule has 4 heteroatoms. The Balaban J connectivity index is 1.82. The smallest absolute Gasteiger partial charge is 0.226 e. The van der Waals surface area contributed by atoms with Crippen LogP contribution in [0.4, 0.5) is 11.4 Å². The zero-order chi connectivity index (χ0) is 16.7. The molecular formula is C19H21N3O. The first-order chi connectivity index (χ1) is 11.1. The molecule has 2 aromatic rings. The highest BCUT2D eigenvalue weighted by Gasteiger charge is 2.06. The average Bonchev–Trinajstić information content (AvgIpc) is 2.56. The molecule has 118 valence electrons. The maximum absolute atomic E-state index is 12.0. The first-order valence-electron chi connectivity index (χ1n) is 7.73. The molecule has 0 unspecified atom stereocenters. The standard InChI is InChI=1S/C19H21N3O/c1-14(2)15-7-9-17(10-8-15)21-12-11-19(23)22-18-6-4-3-5-16(18)13-20/h3-10,14,21H,11-12H2,1-2H3,(H,22,23). The summed E-state index contributed by atoms with van der Waals surface area (Å²) >= 11 is 0. The van der Waals surface area contributed by atoms with Gasteiger partial charge in [-0.1, -0.05) is 38.1 Å². The number of amides is 1. The minimum absolute atomic E-state index is 0.112. The molecule has 0 bridgehead atoms. The first-order valence-corrected chi connectivity index (χ1v) is 7.73. The van der Waals surface area contributed by atoms with Gasteiger partial charge in [0.1, 0.15) is 6.07 Å². The van der Waals surface area contributed by atoms with Crippen LogP contribution in [-0.4, -0.2) is 12.5 Å². The van der Waals surface area contributed by atoms with Gasteiger partial charge in [-0.3, -0.25) is 4.79 Å². The number of anilines is 2. The van der Waals surface area contributed by atoms with Crippen LogP contribution in [0.1, 0.15) is 37.3 Å². The van der Waals surface area contributed by atoms with Crippen molar-refractivity contribution in [2.75, 3.05) is 17.2 Å². The summed E-state index contributed by atoms with van der Waals surface area (Å²) in [5.41, 5.74) is 3.32. The maximum atomic E-state index is 12.0. The van der Waals surface area contributed by atoms with E-state index in [-0.39, 0.29) is 5.91 Å². The first kappa shape index (κ1) is 16.6. The molecule has 0 aromatic heterocycles. The Hall–Kier alpha value is -2.80. The van der Waals surface area contributed by atoms with Crippen molar-refractivity contribution in [1.82, 2.24) is 0 Å². The van der Waals surface area contributed by atoms with Crippen LogP contribution in [0.2, 0.25) is 0 Å². The van der Waals surface area contributed by atoms with E-state index in [1.807, 2.05) is 12.1 Å². The van der Waals surface area contributed by atoms with E-state index in [1.165, 1.54) is 5.56 Å². The maximum Gasteiger partial charge on any atom is 0.226 e. The van der Waals surface area contributed by atoms with E-state index in [0.717, 1.165) is 5.69 Å². The SMILES string of the molecule is CC(C)c1ccc(NCCC(=O)Nc2ccccc2C#N)cc1. The molecule has 0 aliphatic rings. The van der Waals surface area contributed by atoms with Gasteiger partial charge < -0.3 is 10.6 Å². The lowest BCUT2D eigenvalue weighted by molar-refractivity contribution is -0.115. The van der Waals surface area contributed by atoms with Crippen molar-refractivity contribution in [3.63, 3.8) is 0 Å². The van der Waals surface area contributed by atoms with Crippen LogP contribution in [-0.2, 0) is 4.79 Å². The van der Waals surface area contributed by atoms with E-state index in [0.29, 0.717) is 30.1 Å². The van der Waals surface area contributed by atoms with E-state index in [1.54, 1.807) is 24.3 Å². The van der Waals surface area contributed by atoms with Crippen molar-refractivity contribution in [3.05, 3.63) is 59.7 Å². The molecule has 0 aliphatic carbocycles. The van der Waals surface area contributed by atoms with Gasteiger partial charge in [-0.25, -0.2) is 0 Å². The lowest BCUT2D eigenvalue weighted by Crippen LogP contribution is -2.16. The van der Waals surface area contributed by atoms with Crippen LogP contribution >= 0.6 is 0 Å². The second-order valence-corrected chi connectivity index (χ2v) is 5.66. The van der Waals surface area contributed by atoms with Gasteiger partial charge in [0, 0.05) is 18.7 Å². The summed E-state index contributed by atoms with van der Waals surface area (Å²) in [6.45, 7) is 4.86. The fourth-order valence-electron chi connectivity index (χ4n) is 2.21. The van der Waals surface area contributed by atoms with Crippen LogP contribution in [0.3, 0.4) is 0 Å². The summed E-state index contributed by atoms with van der Waals surface area (Å²) in [5, 5.41) is 15.0. The van der Waals surface area contributed by atoms with E-state index in [2.05, 4.69) is 42.7 Å². The van der Waals surface area contributed by atoms with Crippen LogP contribution in [0.15, 0.2) is 48.5 Å². The topological polar surface area (TPSA) is 64.9 Å². The molecule has 2 rings (SSSR count). The predicted octanol–water partition coefficient (Wildman–Crippen LogP) is 4.12. The van der Waals surface area contributed by atoms with Gasteiger partial charge in [0.15, 0.2) is 0 Å². The van der Waals surface area contributed by atoms with Gasteiger partial charge >= 0.3 is 0 Å². The minimum Gasteiger partial charge on any atom is -0.385 e. The zero-order valence-corrected chi connectivity index (χ0v) is 13.5. The van der Waals surface area contributed by atoms with Gasteiger partial charge in [0.25, 0.3) is 0 Å². The Morgan fingerprint density at radius 1 is 1.13 bits per heavy atom. The van der Waals surface area contributed by atoms with E-state index in [4.69, 9.17) is 5.26 Å². The number of rotatable bonds is 6. The van der Waals surface area contributed by atoms with Crippen molar-refractivity contribution in [2.45, 2.75) is 26.2 Å². The molecule has 0 heterocycles. The lowest BCUT2D eigenvalue weighted by atomic mass is 10.0. The van der Waals surface area contributed by atoms with Crippen LogP contribution in [0, 0.1) is 11.3 Å². The molecule has 2 N–H and O–H groups in total. The minimum atomic E-state index is -0.112. The van der Waals surface area contributed by atoms with E-state index < -0.39 is 0 Å². The Bertz CT molecular complexity index is 699. The van der Waals surface area contributed by atoms with Crippen LogP contribution in [0.5, 0.6) is 0 Å². The summed E-state index contributed by atoms with van der Waals surface area (Å²) in [4.78, 5) is 12.0. The molecule has 0 radical (unpaired) electrons. The highest BCUT2D eigenvalue weighted by Crippen LogP contribution is 2.17.